The van der Waals surface area contributed by atoms with Gasteiger partial charge >= 0.3 is 5.69 Å². The molecule has 0 atom stereocenters. The Morgan fingerprint density at radius 3 is 2.60 bits per heavy atom. The van der Waals surface area contributed by atoms with E-state index in [0.717, 1.165) is 19.3 Å². The maximum absolute atomic E-state index is 12.8. The number of hydrogen-bond donors (Lipinski definition) is 2. The monoisotopic (exact) mass is 348 g/mol. The highest BCUT2D eigenvalue weighted by Gasteiger charge is 2.25. The molecule has 25 heavy (non-hydrogen) atoms. The van der Waals surface area contributed by atoms with Crippen LogP contribution in [0.5, 0.6) is 0 Å². The summed E-state index contributed by atoms with van der Waals surface area (Å²) in [5, 5.41) is 0. The topological polar surface area (TPSA) is 114 Å². The molecule has 0 bridgehead atoms. The number of aromatic amines is 1. The van der Waals surface area contributed by atoms with Crippen molar-refractivity contribution in [2.24, 2.45) is 0 Å². The molecule has 0 spiro atoms. The average molecular weight is 348 g/mol. The van der Waals surface area contributed by atoms with Gasteiger partial charge in [-0.3, -0.25) is 19.1 Å². The molecule has 2 aromatic heterocycles. The Hall–Kier alpha value is -2.77. The van der Waals surface area contributed by atoms with Crippen LogP contribution in [0, 0.1) is 0 Å². The maximum atomic E-state index is 12.8. The summed E-state index contributed by atoms with van der Waals surface area (Å²) in [6, 6.07) is 1.53. The van der Waals surface area contributed by atoms with Gasteiger partial charge in [-0.2, -0.15) is 0 Å². The first kappa shape index (κ1) is 18.6. The van der Waals surface area contributed by atoms with Crippen LogP contribution >= 0.6 is 0 Å². The normalized spacial score (nSPS) is 10.8. The average Bonchev–Trinajstić information content (AvgIpc) is 3.11. The Balaban J connectivity index is 2.54. The third-order valence-electron chi connectivity index (χ3n) is 3.97. The number of aromatic nitrogens is 2. The van der Waals surface area contributed by atoms with Crippen LogP contribution in [0.15, 0.2) is 32.6 Å². The van der Waals surface area contributed by atoms with Crippen LogP contribution in [-0.4, -0.2) is 22.0 Å². The number of H-pyrrole nitrogens is 1. The van der Waals surface area contributed by atoms with Crippen LogP contribution in [0.3, 0.4) is 0 Å². The molecule has 0 aliphatic heterocycles. The predicted octanol–water partition coefficient (Wildman–Crippen LogP) is 1.96. The summed E-state index contributed by atoms with van der Waals surface area (Å²) in [5.41, 5.74) is 5.22. The second kappa shape index (κ2) is 8.36. The van der Waals surface area contributed by atoms with Gasteiger partial charge in [-0.15, -0.1) is 0 Å². The quantitative estimate of drug-likeness (QED) is 0.757. The fourth-order valence-corrected chi connectivity index (χ4v) is 2.55. The minimum absolute atomic E-state index is 0.00940. The van der Waals surface area contributed by atoms with E-state index >= 15 is 0 Å². The Morgan fingerprint density at radius 2 is 2.00 bits per heavy atom. The maximum Gasteiger partial charge on any atom is 0.330 e. The van der Waals surface area contributed by atoms with E-state index in [1.54, 1.807) is 0 Å². The van der Waals surface area contributed by atoms with Gasteiger partial charge in [0.2, 0.25) is 0 Å². The molecule has 0 fully saturated rings. The van der Waals surface area contributed by atoms with Crippen molar-refractivity contribution >= 4 is 17.4 Å². The van der Waals surface area contributed by atoms with E-state index in [2.05, 4.69) is 4.98 Å². The van der Waals surface area contributed by atoms with Crippen LogP contribution < -0.4 is 21.9 Å². The van der Waals surface area contributed by atoms with Crippen LogP contribution in [0.1, 0.15) is 49.9 Å². The highest BCUT2D eigenvalue weighted by atomic mass is 16.3. The van der Waals surface area contributed by atoms with Gasteiger partial charge in [-0.1, -0.05) is 26.7 Å². The van der Waals surface area contributed by atoms with Gasteiger partial charge in [0.15, 0.2) is 5.69 Å². The van der Waals surface area contributed by atoms with Crippen LogP contribution in [0.4, 0.5) is 11.5 Å². The van der Waals surface area contributed by atoms with Gasteiger partial charge in [-0.25, -0.2) is 4.79 Å². The molecule has 3 N–H and O–H groups in total. The third-order valence-corrected chi connectivity index (χ3v) is 3.97. The van der Waals surface area contributed by atoms with Crippen molar-refractivity contribution in [3.63, 3.8) is 0 Å². The molecule has 0 radical (unpaired) electrons. The summed E-state index contributed by atoms with van der Waals surface area (Å²) in [7, 11) is 0. The molecule has 2 rings (SSSR count). The Labute approximate surface area is 145 Å². The van der Waals surface area contributed by atoms with Gasteiger partial charge in [0, 0.05) is 13.1 Å². The summed E-state index contributed by atoms with van der Waals surface area (Å²) >= 11 is 0. The van der Waals surface area contributed by atoms with E-state index in [1.165, 1.54) is 28.1 Å². The lowest BCUT2D eigenvalue weighted by Crippen LogP contribution is -2.41. The second-order valence-corrected chi connectivity index (χ2v) is 5.82. The van der Waals surface area contributed by atoms with Gasteiger partial charge in [0.25, 0.3) is 11.5 Å². The number of unbranched alkanes of at least 4 members (excludes halogenated alkanes) is 2. The summed E-state index contributed by atoms with van der Waals surface area (Å²) in [4.78, 5) is 40.9. The van der Waals surface area contributed by atoms with Crippen molar-refractivity contribution in [3.05, 3.63) is 45.0 Å². The predicted molar refractivity (Wildman–Crippen MR) is 95.9 cm³/mol. The minimum atomic E-state index is -0.664. The van der Waals surface area contributed by atoms with E-state index in [1.807, 2.05) is 13.8 Å². The zero-order chi connectivity index (χ0) is 18.4. The summed E-state index contributed by atoms with van der Waals surface area (Å²) in [5.74, 6) is -0.379. The van der Waals surface area contributed by atoms with Crippen molar-refractivity contribution < 1.29 is 9.21 Å². The first-order valence-corrected chi connectivity index (χ1v) is 8.47. The molecule has 0 aromatic carbocycles. The lowest BCUT2D eigenvalue weighted by Gasteiger charge is -2.24. The van der Waals surface area contributed by atoms with Gasteiger partial charge < -0.3 is 15.1 Å². The van der Waals surface area contributed by atoms with Crippen LogP contribution in [0.25, 0.3) is 0 Å². The van der Waals surface area contributed by atoms with E-state index < -0.39 is 11.2 Å². The summed E-state index contributed by atoms with van der Waals surface area (Å²) < 4.78 is 6.27. The number of nitrogens with zero attached hydrogens (tertiary/aromatic N) is 2. The molecule has 0 saturated heterocycles. The van der Waals surface area contributed by atoms with Crippen molar-refractivity contribution in [2.45, 2.75) is 46.1 Å². The lowest BCUT2D eigenvalue weighted by atomic mass is 10.2. The molecular formula is C17H24N4O4. The number of amides is 1. The number of nitrogen functional groups attached to an aromatic ring is 1. The largest absolute Gasteiger partial charge is 0.472 e. The minimum Gasteiger partial charge on any atom is -0.472 e. The SMILES string of the molecule is CCCCN(C(=O)c1ccoc1)c1c(N)n(CCCC)c(=O)[nH]c1=O. The Bertz CT molecular complexity index is 820. The molecule has 0 saturated carbocycles. The zero-order valence-electron chi connectivity index (χ0n) is 14.6. The number of carbonyl (C=O) groups excluding carboxylic acids is 1. The number of anilines is 2. The molecule has 0 unspecified atom stereocenters. The van der Waals surface area contributed by atoms with Crippen molar-refractivity contribution in [1.29, 1.82) is 0 Å². The number of nitrogens with one attached hydrogen (secondary N) is 1. The lowest BCUT2D eigenvalue weighted by molar-refractivity contribution is 0.0985. The van der Waals surface area contributed by atoms with Crippen LogP contribution in [-0.2, 0) is 6.54 Å². The highest BCUT2D eigenvalue weighted by molar-refractivity contribution is 6.07. The smallest absolute Gasteiger partial charge is 0.330 e. The zero-order valence-corrected chi connectivity index (χ0v) is 14.6. The van der Waals surface area contributed by atoms with Crippen molar-refractivity contribution in [1.82, 2.24) is 9.55 Å². The number of carbonyl (C=O) groups is 1. The van der Waals surface area contributed by atoms with E-state index in [4.69, 9.17) is 10.2 Å². The molecule has 2 heterocycles. The van der Waals surface area contributed by atoms with Crippen LogP contribution in [0.2, 0.25) is 0 Å². The van der Waals surface area contributed by atoms with E-state index in [-0.39, 0.29) is 17.4 Å². The highest BCUT2D eigenvalue weighted by Crippen LogP contribution is 2.20. The number of furan rings is 1. The van der Waals surface area contributed by atoms with Crippen molar-refractivity contribution in [2.75, 3.05) is 17.2 Å². The van der Waals surface area contributed by atoms with E-state index in [9.17, 15) is 14.4 Å². The van der Waals surface area contributed by atoms with Gasteiger partial charge in [0.1, 0.15) is 12.1 Å². The Kier molecular flexibility index (Phi) is 6.21. The molecule has 1 amide bonds. The fraction of sp³-hybridized carbons (Fsp3) is 0.471. The first-order chi connectivity index (χ1) is 12.0. The van der Waals surface area contributed by atoms with Crippen molar-refractivity contribution in [3.8, 4) is 0 Å². The molecule has 8 heteroatoms. The third kappa shape index (κ3) is 4.01. The molecule has 136 valence electrons. The number of hydrogen-bond acceptors (Lipinski definition) is 5. The van der Waals surface area contributed by atoms with Gasteiger partial charge in [0.05, 0.1) is 11.8 Å². The van der Waals surface area contributed by atoms with Gasteiger partial charge in [-0.05, 0) is 18.9 Å². The molecular weight excluding hydrogens is 324 g/mol. The molecule has 2 aromatic rings. The molecule has 8 nitrogen and oxygen atoms in total. The van der Waals surface area contributed by atoms with E-state index in [0.29, 0.717) is 25.1 Å². The number of rotatable bonds is 8. The standard InChI is InChI=1S/C17H24N4O4/c1-3-5-8-20(16(23)12-7-10-25-11-12)13-14(18)21(9-6-4-2)17(24)19-15(13)22/h7,10-11H,3-6,8-9,18H2,1-2H3,(H,19,22,24). The fourth-order valence-electron chi connectivity index (χ4n) is 2.55. The summed E-state index contributed by atoms with van der Waals surface area (Å²) in [6.45, 7) is 4.67. The summed E-state index contributed by atoms with van der Waals surface area (Å²) in [6.07, 6.45) is 5.84. The number of nitrogens with two attached hydrogens (primary N) is 1. The first-order valence-electron chi connectivity index (χ1n) is 8.47. The molecule has 0 aliphatic rings. The Morgan fingerprint density at radius 1 is 1.28 bits per heavy atom. The second-order valence-electron chi connectivity index (χ2n) is 5.82. The molecule has 0 aliphatic carbocycles.